The fraction of sp³-hybridized carbons (Fsp3) is 0.0909. The van der Waals surface area contributed by atoms with Crippen LogP contribution in [0.5, 0.6) is 0 Å². The number of carboxylic acids is 1. The topological polar surface area (TPSA) is 55.1 Å². The van der Waals surface area contributed by atoms with Gasteiger partial charge < -0.3 is 5.11 Å². The average molecular weight is 202 g/mol. The van der Waals surface area contributed by atoms with Gasteiger partial charge in [0.25, 0.3) is 0 Å². The summed E-state index contributed by atoms with van der Waals surface area (Å²) in [5, 5.41) is 13.6. The Kier molecular flexibility index (Phi) is 2.25. The molecule has 0 amide bonds. The molecule has 15 heavy (non-hydrogen) atoms. The zero-order valence-electron chi connectivity index (χ0n) is 8.21. The van der Waals surface area contributed by atoms with E-state index in [1.165, 1.54) is 0 Å². The lowest BCUT2D eigenvalue weighted by Crippen LogP contribution is -1.88. The van der Waals surface area contributed by atoms with E-state index in [2.05, 4.69) is 5.10 Å². The Balaban J connectivity index is 2.56. The van der Waals surface area contributed by atoms with Crippen molar-refractivity contribution < 1.29 is 9.90 Å². The minimum Gasteiger partial charge on any atom is -0.478 e. The highest BCUT2D eigenvalue weighted by atomic mass is 16.4. The zero-order valence-corrected chi connectivity index (χ0v) is 8.21. The lowest BCUT2D eigenvalue weighted by Gasteiger charge is -1.96. The lowest BCUT2D eigenvalue weighted by atomic mass is 10.1. The van der Waals surface area contributed by atoms with Gasteiger partial charge in [-0.25, -0.2) is 4.79 Å². The number of aliphatic carboxylic acids is 1. The summed E-state index contributed by atoms with van der Waals surface area (Å²) in [5.41, 5.74) is 1.85. The summed E-state index contributed by atoms with van der Waals surface area (Å²) in [7, 11) is 1.85. The second-order valence-electron chi connectivity index (χ2n) is 3.22. The molecule has 0 spiro atoms. The van der Waals surface area contributed by atoms with Crippen LogP contribution in [0.2, 0.25) is 0 Å². The molecule has 1 N–H and O–H groups in total. The molecule has 0 radical (unpaired) electrons. The highest BCUT2D eigenvalue weighted by Crippen LogP contribution is 2.18. The molecule has 0 atom stereocenters. The third kappa shape index (κ3) is 1.74. The first-order valence-corrected chi connectivity index (χ1v) is 4.50. The third-order valence-electron chi connectivity index (χ3n) is 2.23. The van der Waals surface area contributed by atoms with Crippen LogP contribution < -0.4 is 0 Å². The van der Waals surface area contributed by atoms with Crippen LogP contribution in [0.25, 0.3) is 17.0 Å². The van der Waals surface area contributed by atoms with Gasteiger partial charge in [-0.2, -0.15) is 5.10 Å². The van der Waals surface area contributed by atoms with Gasteiger partial charge in [-0.3, -0.25) is 4.68 Å². The van der Waals surface area contributed by atoms with E-state index in [4.69, 9.17) is 5.11 Å². The Morgan fingerprint density at radius 1 is 1.53 bits per heavy atom. The van der Waals surface area contributed by atoms with E-state index in [9.17, 15) is 4.79 Å². The monoisotopic (exact) mass is 202 g/mol. The number of carbonyl (C=O) groups is 1. The Bertz CT molecular complexity index is 541. The quantitative estimate of drug-likeness (QED) is 0.753. The SMILES string of the molecule is Cn1ncc2c(/C=C\C(=O)O)cccc21. The molecule has 0 saturated heterocycles. The molecule has 0 aliphatic heterocycles. The lowest BCUT2D eigenvalue weighted by molar-refractivity contribution is -0.131. The molecule has 0 aliphatic rings. The van der Waals surface area contributed by atoms with Crippen LogP contribution in [-0.2, 0) is 11.8 Å². The van der Waals surface area contributed by atoms with Gasteiger partial charge in [0, 0.05) is 18.5 Å². The van der Waals surface area contributed by atoms with Crippen molar-refractivity contribution in [3.8, 4) is 0 Å². The van der Waals surface area contributed by atoms with Gasteiger partial charge in [0.05, 0.1) is 11.7 Å². The molecule has 4 heteroatoms. The molecule has 0 bridgehead atoms. The maximum atomic E-state index is 10.4. The van der Waals surface area contributed by atoms with E-state index in [-0.39, 0.29) is 0 Å². The van der Waals surface area contributed by atoms with Crippen molar-refractivity contribution in [1.82, 2.24) is 9.78 Å². The minimum atomic E-state index is -0.948. The molecular formula is C11H10N2O2. The van der Waals surface area contributed by atoms with Gasteiger partial charge in [-0.15, -0.1) is 0 Å². The van der Waals surface area contributed by atoms with E-state index in [0.717, 1.165) is 22.5 Å². The van der Waals surface area contributed by atoms with Gasteiger partial charge in [0.2, 0.25) is 0 Å². The molecule has 4 nitrogen and oxygen atoms in total. The molecule has 0 saturated carbocycles. The van der Waals surface area contributed by atoms with Crippen LogP contribution in [0.4, 0.5) is 0 Å². The molecular weight excluding hydrogens is 192 g/mol. The summed E-state index contributed by atoms with van der Waals surface area (Å²) in [4.78, 5) is 10.4. The van der Waals surface area contributed by atoms with Gasteiger partial charge in [-0.1, -0.05) is 12.1 Å². The molecule has 1 aromatic carbocycles. The first kappa shape index (κ1) is 9.45. The van der Waals surface area contributed by atoms with Crippen molar-refractivity contribution in [3.63, 3.8) is 0 Å². The predicted octanol–water partition coefficient (Wildman–Crippen LogP) is 1.67. The number of nitrogens with zero attached hydrogens (tertiary/aromatic N) is 2. The number of fused-ring (bicyclic) bond motifs is 1. The van der Waals surface area contributed by atoms with Crippen LogP contribution in [0.1, 0.15) is 5.56 Å². The smallest absolute Gasteiger partial charge is 0.328 e. The molecule has 1 aromatic heterocycles. The third-order valence-corrected chi connectivity index (χ3v) is 2.23. The Morgan fingerprint density at radius 2 is 2.33 bits per heavy atom. The summed E-state index contributed by atoms with van der Waals surface area (Å²) in [6, 6.07) is 5.69. The average Bonchev–Trinajstić information content (AvgIpc) is 2.58. The first-order valence-electron chi connectivity index (χ1n) is 4.50. The first-order chi connectivity index (χ1) is 7.18. The van der Waals surface area contributed by atoms with Gasteiger partial charge in [0.15, 0.2) is 0 Å². The standard InChI is InChI=1S/C11H10N2O2/c1-13-10-4-2-3-8(5-6-11(14)15)9(10)7-12-13/h2-7H,1H3,(H,14,15)/b6-5-. The highest BCUT2D eigenvalue weighted by Gasteiger charge is 2.02. The molecule has 0 unspecified atom stereocenters. The Labute approximate surface area is 86.4 Å². The molecule has 0 fully saturated rings. The molecule has 1 heterocycles. The van der Waals surface area contributed by atoms with Gasteiger partial charge in [-0.05, 0) is 17.7 Å². The van der Waals surface area contributed by atoms with Crippen molar-refractivity contribution in [3.05, 3.63) is 36.0 Å². The highest BCUT2D eigenvalue weighted by molar-refractivity contribution is 5.92. The number of aryl methyl sites for hydroxylation is 1. The van der Waals surface area contributed by atoms with Crippen LogP contribution in [0.3, 0.4) is 0 Å². The van der Waals surface area contributed by atoms with Crippen molar-refractivity contribution in [2.75, 3.05) is 0 Å². The van der Waals surface area contributed by atoms with Crippen molar-refractivity contribution in [1.29, 1.82) is 0 Å². The minimum absolute atomic E-state index is 0.864. The van der Waals surface area contributed by atoms with Gasteiger partial charge in [0.1, 0.15) is 0 Å². The Hall–Kier alpha value is -2.10. The van der Waals surface area contributed by atoms with Crippen LogP contribution in [-0.4, -0.2) is 20.9 Å². The fourth-order valence-electron chi connectivity index (χ4n) is 1.51. The maximum absolute atomic E-state index is 10.4. The number of hydrogen-bond donors (Lipinski definition) is 1. The summed E-state index contributed by atoms with van der Waals surface area (Å²) in [5.74, 6) is -0.948. The molecule has 76 valence electrons. The van der Waals surface area contributed by atoms with E-state index in [1.807, 2.05) is 25.2 Å². The van der Waals surface area contributed by atoms with Crippen molar-refractivity contribution in [2.24, 2.45) is 7.05 Å². The maximum Gasteiger partial charge on any atom is 0.328 e. The number of aromatic nitrogens is 2. The molecule has 2 rings (SSSR count). The summed E-state index contributed by atoms with van der Waals surface area (Å²) in [6.45, 7) is 0. The number of benzene rings is 1. The normalized spacial score (nSPS) is 11.3. The number of carboxylic acid groups (broad SMARTS) is 1. The van der Waals surface area contributed by atoms with Crippen molar-refractivity contribution >= 4 is 22.9 Å². The largest absolute Gasteiger partial charge is 0.478 e. The van der Waals surface area contributed by atoms with E-state index in [0.29, 0.717) is 0 Å². The van der Waals surface area contributed by atoms with E-state index >= 15 is 0 Å². The summed E-state index contributed by atoms with van der Waals surface area (Å²) >= 11 is 0. The second kappa shape index (κ2) is 3.57. The predicted molar refractivity (Wildman–Crippen MR) is 57.4 cm³/mol. The van der Waals surface area contributed by atoms with Crippen LogP contribution >= 0.6 is 0 Å². The van der Waals surface area contributed by atoms with Crippen LogP contribution in [0.15, 0.2) is 30.5 Å². The fourth-order valence-corrected chi connectivity index (χ4v) is 1.51. The number of rotatable bonds is 2. The van der Waals surface area contributed by atoms with E-state index < -0.39 is 5.97 Å². The Morgan fingerprint density at radius 3 is 3.07 bits per heavy atom. The van der Waals surface area contributed by atoms with Gasteiger partial charge >= 0.3 is 5.97 Å². The van der Waals surface area contributed by atoms with Crippen molar-refractivity contribution in [2.45, 2.75) is 0 Å². The zero-order chi connectivity index (χ0) is 10.8. The summed E-state index contributed by atoms with van der Waals surface area (Å²) in [6.07, 6.45) is 4.44. The summed E-state index contributed by atoms with van der Waals surface area (Å²) < 4.78 is 1.76. The second-order valence-corrected chi connectivity index (χ2v) is 3.22. The number of hydrogen-bond acceptors (Lipinski definition) is 2. The molecule has 0 aliphatic carbocycles. The van der Waals surface area contributed by atoms with Crippen LogP contribution in [0, 0.1) is 0 Å². The van der Waals surface area contributed by atoms with E-state index in [1.54, 1.807) is 17.0 Å². The molecule has 2 aromatic rings.